The predicted octanol–water partition coefficient (Wildman–Crippen LogP) is 3.36. The van der Waals surface area contributed by atoms with Crippen molar-refractivity contribution in [1.82, 2.24) is 0 Å². The second kappa shape index (κ2) is 9.70. The van der Waals surface area contributed by atoms with Gasteiger partial charge in [0.1, 0.15) is 0 Å². The molecule has 0 aliphatic rings. The third-order valence-electron chi connectivity index (χ3n) is 2.03. The number of esters is 1. The van der Waals surface area contributed by atoms with Crippen LogP contribution in [-0.2, 0) is 26.6 Å². The summed E-state index contributed by atoms with van der Waals surface area (Å²) >= 11 is 0. The summed E-state index contributed by atoms with van der Waals surface area (Å²) in [6.07, 6.45) is -1.93. The van der Waals surface area contributed by atoms with E-state index in [4.69, 9.17) is 11.7 Å². The van der Waals surface area contributed by atoms with Gasteiger partial charge in [-0.2, -0.15) is 13.2 Å². The largest absolute Gasteiger partial charge is 0.515 e. The van der Waals surface area contributed by atoms with Crippen LogP contribution in [0.5, 0.6) is 0 Å². The Kier molecular flexibility index (Phi) is 10.3. The van der Waals surface area contributed by atoms with E-state index in [1.54, 1.807) is 0 Å². The molecule has 1 radical (unpaired) electrons. The quantitative estimate of drug-likeness (QED) is 0.203. The van der Waals surface area contributed by atoms with Crippen LogP contribution in [0.3, 0.4) is 0 Å². The van der Waals surface area contributed by atoms with Crippen LogP contribution in [0.2, 0.25) is 0 Å². The van der Waals surface area contributed by atoms with Gasteiger partial charge in [0.15, 0.2) is 0 Å². The number of alkyl halides is 3. The number of unbranched alkanes of at least 4 members (excludes halogenated alkanes) is 3. The van der Waals surface area contributed by atoms with Crippen LogP contribution < -0.4 is 0 Å². The Labute approximate surface area is 119 Å². The average Bonchev–Trinajstić information content (AvgIpc) is 2.28. The molecule has 0 aromatic heterocycles. The molecule has 19 heavy (non-hydrogen) atoms. The van der Waals surface area contributed by atoms with E-state index in [0.29, 0.717) is 6.42 Å². The van der Waals surface area contributed by atoms with Gasteiger partial charge in [-0.15, -0.1) is 0 Å². The van der Waals surface area contributed by atoms with E-state index in [1.165, 1.54) is 0 Å². The molecule has 0 spiro atoms. The van der Waals surface area contributed by atoms with Gasteiger partial charge in [-0.25, -0.2) is 4.85 Å². The first kappa shape index (κ1) is 20.1. The van der Waals surface area contributed by atoms with Crippen molar-refractivity contribution in [1.29, 1.82) is 0 Å². The average molecular weight is 329 g/mol. The Balaban J connectivity index is 0. The van der Waals surface area contributed by atoms with E-state index in [-0.39, 0.29) is 23.7 Å². The number of allylic oxidation sites excluding steroid dienone is 1. The van der Waals surface area contributed by atoms with Crippen molar-refractivity contribution in [3.05, 3.63) is 22.9 Å². The van der Waals surface area contributed by atoms with Crippen LogP contribution in [0, 0.1) is 6.57 Å². The molecule has 0 amide bonds. The van der Waals surface area contributed by atoms with Crippen molar-refractivity contribution in [2.45, 2.75) is 38.8 Å². The van der Waals surface area contributed by atoms with Gasteiger partial charge in [-0.3, -0.25) is 4.79 Å². The van der Waals surface area contributed by atoms with Crippen molar-refractivity contribution in [3.8, 4) is 0 Å². The maximum absolute atomic E-state index is 12.1. The second-order valence-corrected chi connectivity index (χ2v) is 3.50. The minimum atomic E-state index is -5.12. The predicted molar refractivity (Wildman–Crippen MR) is 57.4 cm³/mol. The summed E-state index contributed by atoms with van der Waals surface area (Å²) in [6, 6.07) is 0. The molecule has 0 fully saturated rings. The van der Waals surface area contributed by atoms with Crippen molar-refractivity contribution in [2.75, 3.05) is 6.61 Å². The maximum Gasteiger partial charge on any atom is 0.438 e. The van der Waals surface area contributed by atoms with Gasteiger partial charge >= 0.3 is 17.8 Å². The second-order valence-electron chi connectivity index (χ2n) is 3.50. The number of aliphatic hydroxyl groups excluding tert-OH is 1. The van der Waals surface area contributed by atoms with Crippen molar-refractivity contribution < 1.29 is 44.9 Å². The van der Waals surface area contributed by atoms with Gasteiger partial charge in [0.25, 0.3) is 0 Å². The normalized spacial score (nSPS) is 11.9. The molecule has 0 atom stereocenters. The van der Waals surface area contributed by atoms with Crippen LogP contribution >= 0.6 is 0 Å². The fraction of sp³-hybridized carbons (Fsp3) is 0.636. The molecule has 8 heteroatoms. The number of hydrogen-bond donors (Lipinski definition) is 1. The van der Waals surface area contributed by atoms with Gasteiger partial charge in [0.05, 0.1) is 13.2 Å². The number of ether oxygens (including phenoxy) is 1. The van der Waals surface area contributed by atoms with Gasteiger partial charge in [0, 0.05) is 17.1 Å². The molecule has 0 aliphatic heterocycles. The van der Waals surface area contributed by atoms with Gasteiger partial charge < -0.3 is 9.84 Å². The van der Waals surface area contributed by atoms with Gasteiger partial charge in [0.2, 0.25) is 5.76 Å². The van der Waals surface area contributed by atoms with E-state index >= 15 is 0 Å². The number of rotatable bonds is 6. The summed E-state index contributed by atoms with van der Waals surface area (Å²) in [7, 11) is 0. The van der Waals surface area contributed by atoms with Crippen LogP contribution in [0.4, 0.5) is 13.2 Å². The number of hydrogen-bond acceptors (Lipinski definition) is 3. The monoisotopic (exact) mass is 328 g/mol. The van der Waals surface area contributed by atoms with Crippen molar-refractivity contribution in [2.24, 2.45) is 0 Å². The molecule has 0 heterocycles. The molecule has 0 aromatic rings. The maximum atomic E-state index is 12.1. The fourth-order valence-electron chi connectivity index (χ4n) is 1.09. The zero-order valence-electron chi connectivity index (χ0n) is 10.2. The number of halogens is 3. The first-order chi connectivity index (χ1) is 8.34. The first-order valence-corrected chi connectivity index (χ1v) is 5.39. The molecule has 113 valence electrons. The van der Waals surface area contributed by atoms with Gasteiger partial charge in [-0.05, 0) is 6.42 Å². The third kappa shape index (κ3) is 7.75. The molecule has 0 aromatic carbocycles. The Morgan fingerprint density at radius 1 is 1.32 bits per heavy atom. The SMILES string of the molecule is [C-]#[N+]/C(C(=O)OCCCCCC)=C(/O)C(F)(F)F.[Cu]. The Hall–Kier alpha value is -1.19. The summed E-state index contributed by atoms with van der Waals surface area (Å²) in [6.45, 7) is 8.37. The summed E-state index contributed by atoms with van der Waals surface area (Å²) in [5, 5.41) is 8.70. The number of aliphatic hydroxyl groups is 1. The van der Waals surface area contributed by atoms with Gasteiger partial charge in [-0.1, -0.05) is 26.2 Å². The summed E-state index contributed by atoms with van der Waals surface area (Å²) in [5.41, 5.74) is -1.43. The summed E-state index contributed by atoms with van der Waals surface area (Å²) in [5.74, 6) is -3.66. The number of carbonyl (C=O) groups excluding carboxylic acids is 1. The molecule has 4 nitrogen and oxygen atoms in total. The first-order valence-electron chi connectivity index (χ1n) is 5.39. The standard InChI is InChI=1S/C11H14F3NO3.Cu/c1-3-4-5-6-7-18-10(17)8(15-2)9(16)11(12,13)14;/h16H,3-7H2,1H3;/b9-8+;. The molecule has 1 N–H and O–H groups in total. The van der Waals surface area contributed by atoms with E-state index in [2.05, 4.69) is 9.58 Å². The third-order valence-corrected chi connectivity index (χ3v) is 2.03. The summed E-state index contributed by atoms with van der Waals surface area (Å²) < 4.78 is 40.7. The molecule has 0 rings (SSSR count). The number of nitrogens with zero attached hydrogens (tertiary/aromatic N) is 1. The zero-order valence-corrected chi connectivity index (χ0v) is 11.1. The summed E-state index contributed by atoms with van der Waals surface area (Å²) in [4.78, 5) is 13.5. The van der Waals surface area contributed by atoms with E-state index < -0.39 is 23.6 Å². The number of carbonyl (C=O) groups is 1. The molecule has 0 bridgehead atoms. The minimum Gasteiger partial charge on any atom is -0.515 e. The fourth-order valence-corrected chi connectivity index (χ4v) is 1.09. The topological polar surface area (TPSA) is 50.9 Å². The van der Waals surface area contributed by atoms with Crippen molar-refractivity contribution >= 4 is 5.97 Å². The van der Waals surface area contributed by atoms with Crippen LogP contribution in [-0.4, -0.2) is 23.9 Å². The minimum absolute atomic E-state index is 0. The Morgan fingerprint density at radius 2 is 1.89 bits per heavy atom. The molecular formula is C11H14CuF3NO3. The molecular weight excluding hydrogens is 315 g/mol. The van der Waals surface area contributed by atoms with Crippen LogP contribution in [0.15, 0.2) is 11.5 Å². The van der Waals surface area contributed by atoms with Crippen LogP contribution in [0.25, 0.3) is 4.85 Å². The Morgan fingerprint density at radius 3 is 2.32 bits per heavy atom. The van der Waals surface area contributed by atoms with Crippen molar-refractivity contribution in [3.63, 3.8) is 0 Å². The zero-order chi connectivity index (χ0) is 14.2. The Bertz CT molecular complexity index is 361. The van der Waals surface area contributed by atoms with E-state index in [0.717, 1.165) is 19.3 Å². The molecule has 0 aliphatic carbocycles. The van der Waals surface area contributed by atoms with Crippen LogP contribution in [0.1, 0.15) is 32.6 Å². The smallest absolute Gasteiger partial charge is 0.438 e. The molecule has 0 saturated heterocycles. The van der Waals surface area contributed by atoms with E-state index in [1.807, 2.05) is 6.92 Å². The molecule has 0 unspecified atom stereocenters. The molecule has 0 saturated carbocycles. The van der Waals surface area contributed by atoms with E-state index in [9.17, 15) is 18.0 Å².